The maximum atomic E-state index is 13.5. The lowest BCUT2D eigenvalue weighted by atomic mass is 10.0. The Balaban J connectivity index is 1.49. The average molecular weight is 479 g/mol. The fourth-order valence-corrected chi connectivity index (χ4v) is 5.04. The molecule has 8 nitrogen and oxygen atoms in total. The first-order valence-electron chi connectivity index (χ1n) is 12.0. The quantitative estimate of drug-likeness (QED) is 0.396. The molecular formula is C28H26N6O2. The van der Waals surface area contributed by atoms with Crippen LogP contribution in [-0.4, -0.2) is 38.8 Å². The van der Waals surface area contributed by atoms with Crippen LogP contribution in [0.2, 0.25) is 0 Å². The van der Waals surface area contributed by atoms with E-state index in [0.29, 0.717) is 17.9 Å². The molecule has 3 aromatic carbocycles. The van der Waals surface area contributed by atoms with Gasteiger partial charge < -0.3 is 14.6 Å². The zero-order chi connectivity index (χ0) is 24.6. The molecule has 0 radical (unpaired) electrons. The van der Waals surface area contributed by atoms with E-state index in [4.69, 9.17) is 4.74 Å². The van der Waals surface area contributed by atoms with Crippen LogP contribution in [0.4, 0.5) is 5.69 Å². The Kier molecular flexibility index (Phi) is 5.48. The highest BCUT2D eigenvalue weighted by Crippen LogP contribution is 2.37. The second-order valence-corrected chi connectivity index (χ2v) is 9.16. The summed E-state index contributed by atoms with van der Waals surface area (Å²) in [6, 6.07) is 23.8. The van der Waals surface area contributed by atoms with Gasteiger partial charge in [0.1, 0.15) is 11.8 Å². The van der Waals surface area contributed by atoms with Crippen LogP contribution in [0, 0.1) is 6.92 Å². The molecule has 1 aliphatic heterocycles. The Hall–Kier alpha value is -4.46. The molecule has 1 aliphatic rings. The van der Waals surface area contributed by atoms with Gasteiger partial charge in [0.15, 0.2) is 5.82 Å². The molecule has 0 amide bonds. The number of hydrogen-bond acceptors (Lipinski definition) is 6. The molecule has 6 rings (SSSR count). The van der Waals surface area contributed by atoms with Gasteiger partial charge in [-0.1, -0.05) is 42.5 Å². The van der Waals surface area contributed by atoms with Crippen molar-refractivity contribution in [3.05, 3.63) is 111 Å². The number of hydrogen-bond donors (Lipinski definition) is 1. The van der Waals surface area contributed by atoms with Crippen LogP contribution in [0.15, 0.2) is 77.6 Å². The summed E-state index contributed by atoms with van der Waals surface area (Å²) in [6.45, 7) is 3.26. The zero-order valence-corrected chi connectivity index (χ0v) is 20.2. The number of methoxy groups -OCH3 is 1. The fraction of sp³-hybridized carbons (Fsp3) is 0.214. The first-order valence-corrected chi connectivity index (χ1v) is 12.0. The molecule has 0 bridgehead atoms. The number of aromatic amines is 1. The smallest absolute Gasteiger partial charge is 0.254 e. The first kappa shape index (κ1) is 22.0. The maximum Gasteiger partial charge on any atom is 0.254 e. The van der Waals surface area contributed by atoms with Crippen LogP contribution in [0.3, 0.4) is 0 Å². The number of tetrazole rings is 1. The number of benzene rings is 3. The summed E-state index contributed by atoms with van der Waals surface area (Å²) in [5.74, 6) is 1.42. The molecule has 0 spiro atoms. The minimum atomic E-state index is -0.448. The Morgan fingerprint density at radius 1 is 1.06 bits per heavy atom. The highest BCUT2D eigenvalue weighted by molar-refractivity contribution is 5.80. The summed E-state index contributed by atoms with van der Waals surface area (Å²) in [6.07, 6.45) is 0.900. The lowest BCUT2D eigenvalue weighted by Gasteiger charge is -2.29. The molecule has 8 heteroatoms. The van der Waals surface area contributed by atoms with Gasteiger partial charge in [-0.25, -0.2) is 4.68 Å². The summed E-state index contributed by atoms with van der Waals surface area (Å²) < 4.78 is 7.07. The van der Waals surface area contributed by atoms with E-state index in [9.17, 15) is 4.79 Å². The average Bonchev–Trinajstić information content (AvgIpc) is 3.53. The fourth-order valence-electron chi connectivity index (χ4n) is 5.04. The summed E-state index contributed by atoms with van der Waals surface area (Å²) in [5, 5.41) is 13.8. The highest BCUT2D eigenvalue weighted by Gasteiger charge is 2.34. The van der Waals surface area contributed by atoms with Gasteiger partial charge in [-0.2, -0.15) is 0 Å². The van der Waals surface area contributed by atoms with E-state index in [1.54, 1.807) is 11.8 Å². The third-order valence-corrected chi connectivity index (χ3v) is 6.86. The molecule has 0 fully saturated rings. The monoisotopic (exact) mass is 478 g/mol. The van der Waals surface area contributed by atoms with Crippen LogP contribution in [0.25, 0.3) is 10.9 Å². The summed E-state index contributed by atoms with van der Waals surface area (Å²) in [4.78, 5) is 18.9. The molecule has 0 saturated carbocycles. The Bertz CT molecular complexity index is 1610. The number of nitrogens with one attached hydrogen (secondary N) is 1. The molecule has 3 heterocycles. The third-order valence-electron chi connectivity index (χ3n) is 6.86. The SMILES string of the molecule is COc1ccc(Cn2nnnc2[C@H](c2cc3ccc(C)cc3[nH]c2=O)N2CCc3ccccc32)cc1. The van der Waals surface area contributed by atoms with E-state index < -0.39 is 6.04 Å². The number of H-pyrrole nitrogens is 1. The topological polar surface area (TPSA) is 88.9 Å². The Morgan fingerprint density at radius 2 is 1.89 bits per heavy atom. The standard InChI is InChI=1S/C28H26N6O2/c1-18-7-10-21-16-23(28(35)29-24(21)15-18)26(33-14-13-20-5-3-4-6-25(20)33)27-30-31-32-34(27)17-19-8-11-22(36-2)12-9-19/h3-12,15-16,26H,13-14,17H2,1-2H3,(H,29,35)/t26-/m0/s1. The minimum absolute atomic E-state index is 0.138. The van der Waals surface area contributed by atoms with Crippen molar-refractivity contribution in [2.45, 2.75) is 25.9 Å². The van der Waals surface area contributed by atoms with Gasteiger partial charge in [0.2, 0.25) is 0 Å². The van der Waals surface area contributed by atoms with E-state index in [1.165, 1.54) is 5.56 Å². The normalized spacial score (nSPS) is 13.7. The molecule has 2 aromatic heterocycles. The molecule has 0 unspecified atom stereocenters. The predicted molar refractivity (Wildman–Crippen MR) is 139 cm³/mol. The van der Waals surface area contributed by atoms with E-state index in [1.807, 2.05) is 55.5 Å². The summed E-state index contributed by atoms with van der Waals surface area (Å²) in [5.41, 5.74) is 5.79. The molecule has 5 aromatic rings. The lowest BCUT2D eigenvalue weighted by Crippen LogP contribution is -2.34. The molecular weight excluding hydrogens is 452 g/mol. The van der Waals surface area contributed by atoms with Crippen LogP contribution >= 0.6 is 0 Å². The van der Waals surface area contributed by atoms with Gasteiger partial charge in [0, 0.05) is 23.3 Å². The first-order chi connectivity index (χ1) is 17.6. The molecule has 0 saturated heterocycles. The van der Waals surface area contributed by atoms with Gasteiger partial charge >= 0.3 is 0 Å². The Morgan fingerprint density at radius 3 is 2.72 bits per heavy atom. The number of pyridine rings is 1. The number of nitrogens with zero attached hydrogens (tertiary/aromatic N) is 5. The predicted octanol–water partition coefficient (Wildman–Crippen LogP) is 4.03. The van der Waals surface area contributed by atoms with E-state index >= 15 is 0 Å². The van der Waals surface area contributed by atoms with Gasteiger partial charge in [0.05, 0.1) is 13.7 Å². The van der Waals surface area contributed by atoms with Crippen LogP contribution in [0.1, 0.15) is 34.1 Å². The van der Waals surface area contributed by atoms with Crippen molar-refractivity contribution in [3.63, 3.8) is 0 Å². The van der Waals surface area contributed by atoms with Crippen molar-refractivity contribution in [1.29, 1.82) is 0 Å². The highest BCUT2D eigenvalue weighted by atomic mass is 16.5. The van der Waals surface area contributed by atoms with Gasteiger partial charge in [-0.3, -0.25) is 4.79 Å². The number of aryl methyl sites for hydroxylation is 1. The maximum absolute atomic E-state index is 13.5. The van der Waals surface area contributed by atoms with Crippen molar-refractivity contribution >= 4 is 16.6 Å². The van der Waals surface area contributed by atoms with Crippen LogP contribution in [0.5, 0.6) is 5.75 Å². The van der Waals surface area contributed by atoms with E-state index in [-0.39, 0.29) is 5.56 Å². The number of para-hydroxylation sites is 1. The third kappa shape index (κ3) is 3.90. The van der Waals surface area contributed by atoms with Gasteiger partial charge in [0.25, 0.3) is 5.56 Å². The lowest BCUT2D eigenvalue weighted by molar-refractivity contribution is 0.414. The number of rotatable bonds is 6. The largest absolute Gasteiger partial charge is 0.497 e. The molecule has 180 valence electrons. The van der Waals surface area contributed by atoms with Crippen molar-refractivity contribution in [3.8, 4) is 5.75 Å². The zero-order valence-electron chi connectivity index (χ0n) is 20.2. The second-order valence-electron chi connectivity index (χ2n) is 9.16. The van der Waals surface area contributed by atoms with Crippen molar-refractivity contribution in [2.24, 2.45) is 0 Å². The number of ether oxygens (including phenoxy) is 1. The summed E-state index contributed by atoms with van der Waals surface area (Å²) in [7, 11) is 1.65. The van der Waals surface area contributed by atoms with Crippen molar-refractivity contribution in [1.82, 2.24) is 25.2 Å². The van der Waals surface area contributed by atoms with E-state index in [0.717, 1.165) is 46.4 Å². The number of aromatic nitrogens is 5. The number of fused-ring (bicyclic) bond motifs is 2. The van der Waals surface area contributed by atoms with Crippen molar-refractivity contribution in [2.75, 3.05) is 18.6 Å². The van der Waals surface area contributed by atoms with Crippen molar-refractivity contribution < 1.29 is 4.74 Å². The molecule has 1 atom stereocenters. The van der Waals surface area contributed by atoms with Gasteiger partial charge in [-0.15, -0.1) is 5.10 Å². The summed E-state index contributed by atoms with van der Waals surface area (Å²) >= 11 is 0. The van der Waals surface area contributed by atoms with Crippen LogP contribution < -0.4 is 15.2 Å². The molecule has 36 heavy (non-hydrogen) atoms. The van der Waals surface area contributed by atoms with E-state index in [2.05, 4.69) is 49.7 Å². The van der Waals surface area contributed by atoms with Crippen LogP contribution in [-0.2, 0) is 13.0 Å². The molecule has 0 aliphatic carbocycles. The minimum Gasteiger partial charge on any atom is -0.497 e. The van der Waals surface area contributed by atoms with Gasteiger partial charge in [-0.05, 0) is 76.2 Å². The Labute approximate surface area is 208 Å². The number of anilines is 1. The molecule has 1 N–H and O–H groups in total. The second kappa shape index (κ2) is 8.96.